The molecule has 9 heteroatoms. The maximum atomic E-state index is 12.6. The van der Waals surface area contributed by atoms with Gasteiger partial charge in [-0.1, -0.05) is 0 Å². The predicted molar refractivity (Wildman–Crippen MR) is 97.3 cm³/mol. The van der Waals surface area contributed by atoms with E-state index >= 15 is 0 Å². The summed E-state index contributed by atoms with van der Waals surface area (Å²) < 4.78 is 39.2. The Balaban J connectivity index is 1.76. The molecule has 1 aromatic heterocycles. The molecule has 0 amide bonds. The van der Waals surface area contributed by atoms with Crippen molar-refractivity contribution >= 4 is 28.8 Å². The highest BCUT2D eigenvalue weighted by atomic mass is 32.1. The number of aryl methyl sites for hydroxylation is 2. The number of ketones is 1. The van der Waals surface area contributed by atoms with E-state index in [2.05, 4.69) is 15.7 Å². The molecule has 0 radical (unpaired) electrons. The third kappa shape index (κ3) is 5.55. The van der Waals surface area contributed by atoms with E-state index in [1.165, 1.54) is 11.6 Å². The first kappa shape index (κ1) is 19.9. The minimum absolute atomic E-state index is 0.0140. The first-order valence-electron chi connectivity index (χ1n) is 7.94. The van der Waals surface area contributed by atoms with Gasteiger partial charge in [-0.15, -0.1) is 0 Å². The number of alkyl halides is 3. The smallest absolute Gasteiger partial charge is 0.362 e. The van der Waals surface area contributed by atoms with Gasteiger partial charge in [0.15, 0.2) is 16.6 Å². The molecule has 2 aromatic rings. The summed E-state index contributed by atoms with van der Waals surface area (Å²) in [6.45, 7) is 3.92. The number of Topliss-reactive ketones (excluding diaryl/α,β-unsaturated/α-hetero) is 1. The maximum absolute atomic E-state index is 12.6. The maximum Gasteiger partial charge on any atom is 0.435 e. The quantitative estimate of drug-likeness (QED) is 0.451. The highest BCUT2D eigenvalue weighted by molar-refractivity contribution is 7.80. The Hall–Kier alpha value is -2.42. The van der Waals surface area contributed by atoms with Crippen LogP contribution in [0.1, 0.15) is 35.1 Å². The van der Waals surface area contributed by atoms with E-state index in [1.807, 2.05) is 0 Å². The highest BCUT2D eigenvalue weighted by Gasteiger charge is 2.34. The number of aromatic nitrogens is 2. The van der Waals surface area contributed by atoms with Crippen LogP contribution in [-0.4, -0.2) is 27.2 Å². The SMILES string of the molecule is CC(=O)c1ccc(NC(=S)NCCCn2nc(C(F)(F)F)cc2C)cc1. The second kappa shape index (κ2) is 8.31. The Morgan fingerprint density at radius 3 is 2.46 bits per heavy atom. The van der Waals surface area contributed by atoms with Gasteiger partial charge in [0.25, 0.3) is 0 Å². The van der Waals surface area contributed by atoms with Gasteiger partial charge < -0.3 is 10.6 Å². The number of rotatable bonds is 6. The number of hydrogen-bond donors (Lipinski definition) is 2. The van der Waals surface area contributed by atoms with Crippen LogP contribution in [0.5, 0.6) is 0 Å². The number of carbonyl (C=O) groups is 1. The summed E-state index contributed by atoms with van der Waals surface area (Å²) in [6, 6.07) is 7.93. The monoisotopic (exact) mass is 384 g/mol. The second-order valence-electron chi connectivity index (χ2n) is 5.76. The highest BCUT2D eigenvalue weighted by Crippen LogP contribution is 2.28. The van der Waals surface area contributed by atoms with Gasteiger partial charge in [-0.05, 0) is 62.8 Å². The average molecular weight is 384 g/mol. The van der Waals surface area contributed by atoms with Crippen molar-refractivity contribution < 1.29 is 18.0 Å². The van der Waals surface area contributed by atoms with Crippen LogP contribution >= 0.6 is 12.2 Å². The van der Waals surface area contributed by atoms with E-state index in [0.29, 0.717) is 35.9 Å². The molecule has 26 heavy (non-hydrogen) atoms. The van der Waals surface area contributed by atoms with Crippen LogP contribution in [0.2, 0.25) is 0 Å². The molecule has 0 saturated heterocycles. The van der Waals surface area contributed by atoms with Gasteiger partial charge in [0.05, 0.1) is 0 Å². The van der Waals surface area contributed by atoms with Gasteiger partial charge in [-0.2, -0.15) is 18.3 Å². The van der Waals surface area contributed by atoms with Crippen molar-refractivity contribution in [2.24, 2.45) is 0 Å². The minimum Gasteiger partial charge on any atom is -0.362 e. The normalized spacial score (nSPS) is 11.3. The van der Waals surface area contributed by atoms with Gasteiger partial charge in [-0.25, -0.2) is 0 Å². The topological polar surface area (TPSA) is 59.0 Å². The zero-order valence-corrected chi connectivity index (χ0v) is 15.2. The number of thiocarbonyl (C=S) groups is 1. The lowest BCUT2D eigenvalue weighted by atomic mass is 10.1. The molecule has 0 aliphatic rings. The van der Waals surface area contributed by atoms with Crippen LogP contribution in [0.15, 0.2) is 30.3 Å². The molecule has 0 fully saturated rings. The zero-order valence-electron chi connectivity index (χ0n) is 14.4. The van der Waals surface area contributed by atoms with Crippen molar-refractivity contribution in [2.75, 3.05) is 11.9 Å². The van der Waals surface area contributed by atoms with Crippen LogP contribution in [-0.2, 0) is 12.7 Å². The van der Waals surface area contributed by atoms with E-state index in [1.54, 1.807) is 31.2 Å². The van der Waals surface area contributed by atoms with Crippen molar-refractivity contribution in [3.63, 3.8) is 0 Å². The summed E-state index contributed by atoms with van der Waals surface area (Å²) in [5.41, 5.74) is 0.935. The number of benzene rings is 1. The molecule has 140 valence electrons. The van der Waals surface area contributed by atoms with Crippen molar-refractivity contribution in [3.05, 3.63) is 47.3 Å². The van der Waals surface area contributed by atoms with E-state index in [0.717, 1.165) is 11.8 Å². The van der Waals surface area contributed by atoms with Crippen molar-refractivity contribution in [1.29, 1.82) is 0 Å². The molecule has 0 aliphatic heterocycles. The molecule has 0 saturated carbocycles. The first-order valence-corrected chi connectivity index (χ1v) is 8.35. The minimum atomic E-state index is -4.43. The fraction of sp³-hybridized carbons (Fsp3) is 0.353. The lowest BCUT2D eigenvalue weighted by molar-refractivity contribution is -0.141. The standard InChI is InChI=1S/C17H19F3N4OS/c1-11-10-15(17(18,19)20)23-24(11)9-3-8-21-16(26)22-14-6-4-13(5-7-14)12(2)25/h4-7,10H,3,8-9H2,1-2H3,(H2,21,22,26). The Labute approximate surface area is 154 Å². The third-order valence-corrected chi connectivity index (χ3v) is 3.90. The lowest BCUT2D eigenvalue weighted by Crippen LogP contribution is -2.29. The predicted octanol–water partition coefficient (Wildman–Crippen LogP) is 3.79. The number of carbonyl (C=O) groups excluding carboxylic acids is 1. The molecular weight excluding hydrogens is 365 g/mol. The largest absolute Gasteiger partial charge is 0.435 e. The molecule has 0 unspecified atom stereocenters. The molecule has 2 rings (SSSR count). The second-order valence-corrected chi connectivity index (χ2v) is 6.17. The van der Waals surface area contributed by atoms with Crippen LogP contribution in [0.4, 0.5) is 18.9 Å². The van der Waals surface area contributed by atoms with Crippen LogP contribution < -0.4 is 10.6 Å². The Bertz CT molecular complexity index is 784. The lowest BCUT2D eigenvalue weighted by Gasteiger charge is -2.11. The van der Waals surface area contributed by atoms with E-state index in [4.69, 9.17) is 12.2 Å². The fourth-order valence-electron chi connectivity index (χ4n) is 2.27. The number of hydrogen-bond acceptors (Lipinski definition) is 3. The first-order chi connectivity index (χ1) is 12.2. The summed E-state index contributed by atoms with van der Waals surface area (Å²) >= 11 is 5.17. The van der Waals surface area contributed by atoms with Gasteiger partial charge in [-0.3, -0.25) is 9.48 Å². The fourth-order valence-corrected chi connectivity index (χ4v) is 2.49. The zero-order chi connectivity index (χ0) is 19.3. The Kier molecular flexibility index (Phi) is 6.36. The van der Waals surface area contributed by atoms with Gasteiger partial charge in [0.1, 0.15) is 0 Å². The number of nitrogens with one attached hydrogen (secondary N) is 2. The molecular formula is C17H19F3N4OS. The van der Waals surface area contributed by atoms with Gasteiger partial charge in [0.2, 0.25) is 0 Å². The molecule has 0 spiro atoms. The third-order valence-electron chi connectivity index (χ3n) is 3.65. The van der Waals surface area contributed by atoms with E-state index in [-0.39, 0.29) is 5.78 Å². The summed E-state index contributed by atoms with van der Waals surface area (Å²) in [5.74, 6) is -0.0140. The number of nitrogens with zero attached hydrogens (tertiary/aromatic N) is 2. The molecule has 5 nitrogen and oxygen atoms in total. The summed E-state index contributed by atoms with van der Waals surface area (Å²) in [7, 11) is 0. The summed E-state index contributed by atoms with van der Waals surface area (Å²) in [6.07, 6.45) is -3.87. The molecule has 0 aliphatic carbocycles. The van der Waals surface area contributed by atoms with Crippen LogP contribution in [0, 0.1) is 6.92 Å². The van der Waals surface area contributed by atoms with Crippen LogP contribution in [0.3, 0.4) is 0 Å². The number of anilines is 1. The Morgan fingerprint density at radius 1 is 1.27 bits per heavy atom. The summed E-state index contributed by atoms with van der Waals surface area (Å²) in [4.78, 5) is 11.2. The molecule has 0 atom stereocenters. The summed E-state index contributed by atoms with van der Waals surface area (Å²) in [5, 5.41) is 9.94. The number of halogens is 3. The van der Waals surface area contributed by atoms with E-state index < -0.39 is 11.9 Å². The van der Waals surface area contributed by atoms with Gasteiger partial charge in [0, 0.05) is 30.0 Å². The van der Waals surface area contributed by atoms with Crippen LogP contribution in [0.25, 0.3) is 0 Å². The van der Waals surface area contributed by atoms with E-state index in [9.17, 15) is 18.0 Å². The molecule has 0 bridgehead atoms. The van der Waals surface area contributed by atoms with Crippen molar-refractivity contribution in [1.82, 2.24) is 15.1 Å². The molecule has 1 aromatic carbocycles. The molecule has 1 heterocycles. The van der Waals surface area contributed by atoms with Crippen molar-refractivity contribution in [2.45, 2.75) is 33.0 Å². The van der Waals surface area contributed by atoms with Crippen molar-refractivity contribution in [3.8, 4) is 0 Å². The molecule has 2 N–H and O–H groups in total. The average Bonchev–Trinajstić information content (AvgIpc) is 2.93. The Morgan fingerprint density at radius 2 is 1.92 bits per heavy atom. The van der Waals surface area contributed by atoms with Gasteiger partial charge >= 0.3 is 6.18 Å².